The van der Waals surface area contributed by atoms with Gasteiger partial charge < -0.3 is 15.0 Å². The number of thiophene rings is 1. The summed E-state index contributed by atoms with van der Waals surface area (Å²) in [5, 5.41) is 4.63. The molecule has 3 heterocycles. The van der Waals surface area contributed by atoms with Crippen LogP contribution in [0.1, 0.15) is 54.8 Å². The zero-order valence-electron chi connectivity index (χ0n) is 15.8. The molecule has 1 amide bonds. The van der Waals surface area contributed by atoms with Crippen LogP contribution >= 0.6 is 11.3 Å². The number of fused-ring (bicyclic) bond motifs is 3. The van der Waals surface area contributed by atoms with Crippen molar-refractivity contribution in [3.63, 3.8) is 0 Å². The molecule has 144 valence electrons. The molecule has 3 aliphatic rings. The summed E-state index contributed by atoms with van der Waals surface area (Å²) >= 11 is 1.83. The molecule has 1 N–H and O–H groups in total. The molecule has 7 heteroatoms. The minimum atomic E-state index is -0.299. The number of ether oxygens (including phenoxy) is 1. The summed E-state index contributed by atoms with van der Waals surface area (Å²) in [6, 6.07) is -0.299. The number of amides is 1. The first-order valence-corrected chi connectivity index (χ1v) is 11.0. The Morgan fingerprint density at radius 2 is 2.00 bits per heavy atom. The molecule has 1 saturated heterocycles. The van der Waals surface area contributed by atoms with Crippen molar-refractivity contribution in [2.45, 2.75) is 57.4 Å². The van der Waals surface area contributed by atoms with Gasteiger partial charge in [0.15, 0.2) is 0 Å². The molecular formula is C20H26N4O2S. The van der Waals surface area contributed by atoms with Gasteiger partial charge in [0, 0.05) is 23.9 Å². The summed E-state index contributed by atoms with van der Waals surface area (Å²) in [6.07, 6.45) is 7.09. The molecule has 1 saturated carbocycles. The molecule has 27 heavy (non-hydrogen) atoms. The lowest BCUT2D eigenvalue weighted by atomic mass is 9.97. The Morgan fingerprint density at radius 3 is 2.78 bits per heavy atom. The van der Waals surface area contributed by atoms with Gasteiger partial charge in [-0.05, 0) is 51.0 Å². The third-order valence-electron chi connectivity index (χ3n) is 5.82. The summed E-state index contributed by atoms with van der Waals surface area (Å²) in [5.41, 5.74) is 1.41. The second-order valence-electron chi connectivity index (χ2n) is 7.90. The van der Waals surface area contributed by atoms with Crippen LogP contribution in [0.5, 0.6) is 0 Å². The predicted octanol–water partition coefficient (Wildman–Crippen LogP) is 3.11. The van der Waals surface area contributed by atoms with E-state index in [4.69, 9.17) is 14.7 Å². The summed E-state index contributed by atoms with van der Waals surface area (Å²) in [7, 11) is 0. The molecule has 0 aromatic carbocycles. The molecule has 0 bridgehead atoms. The van der Waals surface area contributed by atoms with Crippen molar-refractivity contribution in [3.05, 3.63) is 16.3 Å². The average Bonchev–Trinajstić information content (AvgIpc) is 3.48. The third kappa shape index (κ3) is 3.31. The first-order valence-electron chi connectivity index (χ1n) is 10.2. The van der Waals surface area contributed by atoms with Gasteiger partial charge >= 0.3 is 0 Å². The fourth-order valence-corrected chi connectivity index (χ4v) is 5.40. The van der Waals surface area contributed by atoms with Gasteiger partial charge in [0.25, 0.3) is 0 Å². The molecule has 0 spiro atoms. The van der Waals surface area contributed by atoms with E-state index >= 15 is 0 Å². The maximum absolute atomic E-state index is 12.9. The van der Waals surface area contributed by atoms with Crippen molar-refractivity contribution in [2.24, 2.45) is 0 Å². The number of carbonyl (C=O) groups is 1. The van der Waals surface area contributed by atoms with E-state index in [1.807, 2.05) is 23.2 Å². The minimum Gasteiger partial charge on any atom is -0.378 e. The van der Waals surface area contributed by atoms with E-state index in [0.717, 1.165) is 29.3 Å². The summed E-state index contributed by atoms with van der Waals surface area (Å²) in [5.74, 6) is 2.45. The Labute approximate surface area is 163 Å². The van der Waals surface area contributed by atoms with Gasteiger partial charge in [-0.2, -0.15) is 0 Å². The van der Waals surface area contributed by atoms with Crippen molar-refractivity contribution in [1.82, 2.24) is 14.9 Å². The van der Waals surface area contributed by atoms with Crippen molar-refractivity contribution in [1.29, 1.82) is 0 Å². The quantitative estimate of drug-likeness (QED) is 0.875. The van der Waals surface area contributed by atoms with Gasteiger partial charge in [-0.15, -0.1) is 11.3 Å². The highest BCUT2D eigenvalue weighted by atomic mass is 32.1. The summed E-state index contributed by atoms with van der Waals surface area (Å²) in [4.78, 5) is 27.1. The largest absolute Gasteiger partial charge is 0.378 e. The number of anilines is 1. The number of nitrogens with one attached hydrogen (secondary N) is 1. The maximum atomic E-state index is 12.9. The number of nitrogens with zero attached hydrogens (tertiary/aromatic N) is 3. The van der Waals surface area contributed by atoms with Gasteiger partial charge in [-0.25, -0.2) is 9.97 Å². The van der Waals surface area contributed by atoms with E-state index in [2.05, 4.69) is 5.32 Å². The first-order chi connectivity index (χ1) is 13.2. The van der Waals surface area contributed by atoms with Crippen LogP contribution in [0.25, 0.3) is 10.2 Å². The number of aromatic nitrogens is 2. The van der Waals surface area contributed by atoms with E-state index in [9.17, 15) is 4.79 Å². The maximum Gasteiger partial charge on any atom is 0.244 e. The fraction of sp³-hybridized carbons (Fsp3) is 0.650. The fourth-order valence-electron chi connectivity index (χ4n) is 4.13. The highest BCUT2D eigenvalue weighted by Gasteiger charge is 2.30. The Kier molecular flexibility index (Phi) is 4.52. The molecular weight excluding hydrogens is 360 g/mol. The Morgan fingerprint density at radius 1 is 1.22 bits per heavy atom. The molecule has 5 rings (SSSR count). The molecule has 6 nitrogen and oxygen atoms in total. The van der Waals surface area contributed by atoms with Gasteiger partial charge in [0.05, 0.1) is 18.6 Å². The van der Waals surface area contributed by atoms with Crippen LogP contribution in [0.2, 0.25) is 0 Å². The van der Waals surface area contributed by atoms with Crippen molar-refractivity contribution < 1.29 is 9.53 Å². The number of aryl methyl sites for hydroxylation is 2. The van der Waals surface area contributed by atoms with Crippen LogP contribution in [-0.2, 0) is 22.4 Å². The van der Waals surface area contributed by atoms with E-state index in [-0.39, 0.29) is 11.9 Å². The summed E-state index contributed by atoms with van der Waals surface area (Å²) in [6.45, 7) is 4.54. The number of hydrogen-bond donors (Lipinski definition) is 1. The van der Waals surface area contributed by atoms with Crippen LogP contribution in [-0.4, -0.2) is 53.1 Å². The zero-order chi connectivity index (χ0) is 18.4. The van der Waals surface area contributed by atoms with Crippen LogP contribution in [0.4, 0.5) is 5.82 Å². The van der Waals surface area contributed by atoms with Crippen molar-refractivity contribution in [2.75, 3.05) is 31.6 Å². The number of rotatable bonds is 4. The van der Waals surface area contributed by atoms with Crippen LogP contribution < -0.4 is 5.32 Å². The average molecular weight is 387 g/mol. The van der Waals surface area contributed by atoms with Gasteiger partial charge in [0.1, 0.15) is 22.5 Å². The van der Waals surface area contributed by atoms with Gasteiger partial charge in [-0.1, -0.05) is 0 Å². The SMILES string of the molecule is CC(Nc1nc(C2CC2)nc2sc3c(c12)CCCC3)C(=O)N1CCOCC1. The second-order valence-corrected chi connectivity index (χ2v) is 8.98. The molecule has 2 aromatic heterocycles. The molecule has 1 unspecified atom stereocenters. The number of hydrogen-bond acceptors (Lipinski definition) is 6. The van der Waals surface area contributed by atoms with Crippen molar-refractivity contribution >= 4 is 33.3 Å². The first kappa shape index (κ1) is 17.4. The standard InChI is InChI=1S/C20H26N4O2S/c1-12(20(25)24-8-10-26-11-9-24)21-18-16-14-4-2-3-5-15(14)27-19(16)23-17(22-18)13-6-7-13/h12-13H,2-11H2,1H3,(H,21,22,23). The van der Waals surface area contributed by atoms with Gasteiger partial charge in [0.2, 0.25) is 5.91 Å². The lowest BCUT2D eigenvalue weighted by molar-refractivity contribution is -0.135. The lowest BCUT2D eigenvalue weighted by Gasteiger charge is -2.29. The second kappa shape index (κ2) is 7.02. The lowest BCUT2D eigenvalue weighted by Crippen LogP contribution is -2.47. The highest BCUT2D eigenvalue weighted by molar-refractivity contribution is 7.19. The van der Waals surface area contributed by atoms with E-state index in [1.54, 1.807) is 0 Å². The molecule has 2 aliphatic carbocycles. The molecule has 0 radical (unpaired) electrons. The van der Waals surface area contributed by atoms with E-state index in [0.29, 0.717) is 32.2 Å². The normalized spacial score (nSPS) is 21.1. The number of carbonyl (C=O) groups excluding carboxylic acids is 1. The Bertz CT molecular complexity index is 870. The Balaban J connectivity index is 1.49. The molecule has 1 atom stereocenters. The van der Waals surface area contributed by atoms with Gasteiger partial charge in [-0.3, -0.25) is 4.79 Å². The molecule has 2 fully saturated rings. The Hall–Kier alpha value is -1.73. The van der Waals surface area contributed by atoms with Crippen LogP contribution in [0.3, 0.4) is 0 Å². The summed E-state index contributed by atoms with van der Waals surface area (Å²) < 4.78 is 5.37. The van der Waals surface area contributed by atoms with E-state index in [1.165, 1.54) is 41.5 Å². The van der Waals surface area contributed by atoms with Crippen LogP contribution in [0, 0.1) is 0 Å². The minimum absolute atomic E-state index is 0.127. The predicted molar refractivity (Wildman–Crippen MR) is 107 cm³/mol. The van der Waals surface area contributed by atoms with Crippen LogP contribution in [0.15, 0.2) is 0 Å². The monoisotopic (exact) mass is 386 g/mol. The van der Waals surface area contributed by atoms with E-state index < -0.39 is 0 Å². The topological polar surface area (TPSA) is 67.4 Å². The number of morpholine rings is 1. The zero-order valence-corrected chi connectivity index (χ0v) is 16.6. The smallest absolute Gasteiger partial charge is 0.244 e. The molecule has 2 aromatic rings. The third-order valence-corrected chi connectivity index (χ3v) is 7.01. The molecule has 1 aliphatic heterocycles. The van der Waals surface area contributed by atoms with Crippen molar-refractivity contribution in [3.8, 4) is 0 Å². The highest BCUT2D eigenvalue weighted by Crippen LogP contribution is 2.43.